The molecule has 0 saturated heterocycles. The maximum absolute atomic E-state index is 13.2. The summed E-state index contributed by atoms with van der Waals surface area (Å²) in [5.74, 6) is -2.36. The molecule has 13 nitrogen and oxygen atoms in total. The van der Waals surface area contributed by atoms with Gasteiger partial charge in [-0.25, -0.2) is 4.98 Å². The van der Waals surface area contributed by atoms with E-state index in [1.807, 2.05) is 25.1 Å². The summed E-state index contributed by atoms with van der Waals surface area (Å²) in [4.78, 5) is 70.2. The molecule has 0 amide bonds. The van der Waals surface area contributed by atoms with Gasteiger partial charge in [-0.1, -0.05) is 206 Å². The molecule has 79 heavy (non-hydrogen) atoms. The Labute approximate surface area is 482 Å². The predicted octanol–water partition coefficient (Wildman–Crippen LogP) is 17.5. The second-order valence-corrected chi connectivity index (χ2v) is 23.4. The van der Waals surface area contributed by atoms with Crippen molar-refractivity contribution < 1.29 is 48.0 Å². The Bertz CT molecular complexity index is 1910. The Kier molecular flexibility index (Phi) is 37.8. The highest BCUT2D eigenvalue weighted by Crippen LogP contribution is 2.38. The molecule has 1 aromatic heterocycles. The van der Waals surface area contributed by atoms with Gasteiger partial charge in [-0.05, 0) is 86.6 Å². The number of nitrogens with zero attached hydrogens (tertiary/aromatic N) is 2. The molecule has 2 N–H and O–H groups in total. The largest absolute Gasteiger partial charge is 0.481 e. The zero-order valence-electron chi connectivity index (χ0n) is 49.8. The van der Waals surface area contributed by atoms with Crippen LogP contribution in [0.25, 0.3) is 0 Å². The van der Waals surface area contributed by atoms with Gasteiger partial charge in [0.25, 0.3) is 0 Å². The van der Waals surface area contributed by atoms with E-state index in [2.05, 4.69) is 49.0 Å². The number of carbonyl (C=O) groups excluding carboxylic acids is 4. The van der Waals surface area contributed by atoms with Crippen molar-refractivity contribution in [2.75, 3.05) is 30.0 Å². The second-order valence-electron chi connectivity index (χ2n) is 23.1. The van der Waals surface area contributed by atoms with Crippen LogP contribution in [-0.4, -0.2) is 77.9 Å². The van der Waals surface area contributed by atoms with Crippen LogP contribution in [0.1, 0.15) is 277 Å². The number of esters is 4. The van der Waals surface area contributed by atoms with E-state index in [9.17, 15) is 29.1 Å². The molecule has 1 aliphatic carbocycles. The summed E-state index contributed by atoms with van der Waals surface area (Å²) in [7, 11) is 0. The lowest BCUT2D eigenvalue weighted by Gasteiger charge is -2.40. The van der Waals surface area contributed by atoms with Crippen molar-refractivity contribution in [3.63, 3.8) is 0 Å². The molecule has 1 atom stereocenters. The highest BCUT2D eigenvalue weighted by Gasteiger charge is 2.30. The number of aromatic nitrogens is 1. The molecule has 0 spiro atoms. The van der Waals surface area contributed by atoms with Crippen LogP contribution in [0.3, 0.4) is 0 Å². The van der Waals surface area contributed by atoms with E-state index in [1.54, 1.807) is 12.3 Å². The van der Waals surface area contributed by atoms with Crippen molar-refractivity contribution in [3.8, 4) is 0 Å². The van der Waals surface area contributed by atoms with Crippen LogP contribution < -0.4 is 10.2 Å². The average Bonchev–Trinajstić information content (AvgIpc) is 3.42. The lowest BCUT2D eigenvalue weighted by Crippen LogP contribution is -2.42. The zero-order valence-corrected chi connectivity index (χ0v) is 50.6. The number of ether oxygens (including phenoxy) is 4. The number of halogens is 1. The predicted molar refractivity (Wildman–Crippen MR) is 320 cm³/mol. The fourth-order valence-corrected chi connectivity index (χ4v) is 10.7. The lowest BCUT2D eigenvalue weighted by atomic mass is 9.90. The number of hydrogen-bond acceptors (Lipinski definition) is 12. The zero-order chi connectivity index (χ0) is 57.3. The number of hydrogen-bond donors (Lipinski definition) is 2. The first-order chi connectivity index (χ1) is 38.3. The van der Waals surface area contributed by atoms with Crippen molar-refractivity contribution in [3.05, 3.63) is 47.2 Å². The minimum absolute atomic E-state index is 0.0146. The Hall–Kier alpha value is -4.39. The minimum Gasteiger partial charge on any atom is -0.481 e. The first-order valence-electron chi connectivity index (χ1n) is 31.5. The Balaban J connectivity index is 1.46. The number of pyridine rings is 1. The van der Waals surface area contributed by atoms with Crippen molar-refractivity contribution in [1.29, 1.82) is 0 Å². The number of unbranched alkanes of at least 4 members (excludes halogenated alkanes) is 24. The quantitative estimate of drug-likeness (QED) is 0.0278. The van der Waals surface area contributed by atoms with Gasteiger partial charge in [0.1, 0.15) is 24.5 Å². The summed E-state index contributed by atoms with van der Waals surface area (Å²) in [6.07, 6.45) is 35.8. The fraction of sp³-hybridized carbons (Fsp3) is 0.754. The molecule has 448 valence electrons. The van der Waals surface area contributed by atoms with Gasteiger partial charge < -0.3 is 34.3 Å². The van der Waals surface area contributed by atoms with Crippen molar-refractivity contribution >= 4 is 58.5 Å². The molecule has 14 heteroatoms. The third-order valence-electron chi connectivity index (χ3n) is 15.2. The van der Waals surface area contributed by atoms with E-state index in [4.69, 9.17) is 30.5 Å². The number of nitrogens with one attached hydrogen (secondary N) is 1. The first-order valence-corrected chi connectivity index (χ1v) is 31.9. The maximum Gasteiger partial charge on any atom is 0.306 e. The topological polar surface area (TPSA) is 171 Å². The number of carboxylic acid groups (broad SMARTS) is 1. The molecule has 0 radical (unpaired) electrons. The summed E-state index contributed by atoms with van der Waals surface area (Å²) < 4.78 is 22.8. The van der Waals surface area contributed by atoms with Crippen LogP contribution in [0.15, 0.2) is 36.5 Å². The van der Waals surface area contributed by atoms with E-state index in [0.29, 0.717) is 23.9 Å². The van der Waals surface area contributed by atoms with Gasteiger partial charge in [-0.3, -0.25) is 24.0 Å². The molecular weight excluding hydrogens is 1020 g/mol. The Morgan fingerprint density at radius 2 is 1.08 bits per heavy atom. The molecule has 1 saturated carbocycles. The summed E-state index contributed by atoms with van der Waals surface area (Å²) in [5, 5.41) is 13.4. The molecule has 2 aromatic rings. The number of aliphatic carboxylic acids is 1. The van der Waals surface area contributed by atoms with Crippen LogP contribution in [0.5, 0.6) is 0 Å². The summed E-state index contributed by atoms with van der Waals surface area (Å²) >= 11 is 6.10. The summed E-state index contributed by atoms with van der Waals surface area (Å²) in [6.45, 7) is 11.2. The van der Waals surface area contributed by atoms with Gasteiger partial charge >= 0.3 is 29.8 Å². The molecule has 0 aliphatic heterocycles. The van der Waals surface area contributed by atoms with Crippen LogP contribution in [0.4, 0.5) is 17.1 Å². The number of carbonyl (C=O) groups is 5. The molecule has 1 heterocycles. The standard InChI is InChI=1S/C65H106ClN3O10/c1-6-8-10-12-14-16-18-20-22-24-26-28-30-33-62(72)76-49-57(50-77-63(73)34-31-29-27-25-23-21-19-17-15-13-11-9-7-2)79-65(75)36-32-35-64(74)78-56-41-39-55(40-42-56)69(48-51(3)4)59-43-37-53(52(5)45-61(70)71)46-58(59)68-54-38-44-60(66)67-47-54/h37-38,43-44,46-47,51-52,55-57,68H,6-36,39-42,45,48-50H2,1-5H3,(H,70,71)/t52-,55?,56?/m1/s1. The summed E-state index contributed by atoms with van der Waals surface area (Å²) in [6, 6.07) is 9.87. The summed E-state index contributed by atoms with van der Waals surface area (Å²) in [5.41, 5.74) is 3.52. The monoisotopic (exact) mass is 1120 g/mol. The van der Waals surface area contributed by atoms with Gasteiger partial charge in [0.2, 0.25) is 0 Å². The Morgan fingerprint density at radius 1 is 0.608 bits per heavy atom. The van der Waals surface area contributed by atoms with E-state index >= 15 is 0 Å². The lowest BCUT2D eigenvalue weighted by molar-refractivity contribution is -0.167. The van der Waals surface area contributed by atoms with Gasteiger partial charge in [0.05, 0.1) is 29.7 Å². The number of rotatable bonds is 47. The van der Waals surface area contributed by atoms with E-state index in [0.717, 1.165) is 80.5 Å². The van der Waals surface area contributed by atoms with Crippen LogP contribution in [0, 0.1) is 5.92 Å². The van der Waals surface area contributed by atoms with Crippen LogP contribution >= 0.6 is 11.6 Å². The maximum atomic E-state index is 13.2. The van der Waals surface area contributed by atoms with Crippen LogP contribution in [-0.2, 0) is 42.9 Å². The van der Waals surface area contributed by atoms with E-state index < -0.39 is 18.0 Å². The number of carboxylic acids is 1. The first kappa shape index (κ1) is 68.9. The number of benzene rings is 1. The number of anilines is 3. The highest BCUT2D eigenvalue weighted by molar-refractivity contribution is 6.29. The van der Waals surface area contributed by atoms with Gasteiger partial charge in [0.15, 0.2) is 6.10 Å². The molecule has 1 fully saturated rings. The highest BCUT2D eigenvalue weighted by atomic mass is 35.5. The third kappa shape index (κ3) is 33.2. The van der Waals surface area contributed by atoms with Gasteiger partial charge in [-0.2, -0.15) is 0 Å². The molecule has 1 aromatic carbocycles. The van der Waals surface area contributed by atoms with Crippen molar-refractivity contribution in [2.45, 2.75) is 290 Å². The van der Waals surface area contributed by atoms with Gasteiger partial charge in [-0.15, -0.1) is 0 Å². The second kappa shape index (κ2) is 43.4. The third-order valence-corrected chi connectivity index (χ3v) is 15.4. The smallest absolute Gasteiger partial charge is 0.306 e. The minimum atomic E-state index is -0.948. The molecule has 0 bridgehead atoms. The van der Waals surface area contributed by atoms with Crippen molar-refractivity contribution in [2.24, 2.45) is 5.92 Å². The molecule has 0 unspecified atom stereocenters. The fourth-order valence-electron chi connectivity index (χ4n) is 10.6. The Morgan fingerprint density at radius 3 is 1.53 bits per heavy atom. The molecular formula is C65H106ClN3O10. The van der Waals surface area contributed by atoms with Crippen LogP contribution in [0.2, 0.25) is 5.15 Å². The van der Waals surface area contributed by atoms with E-state index in [1.165, 1.54) is 128 Å². The van der Waals surface area contributed by atoms with E-state index in [-0.39, 0.29) is 87.7 Å². The van der Waals surface area contributed by atoms with Gasteiger partial charge in [0, 0.05) is 38.3 Å². The molecule has 3 rings (SSSR count). The molecule has 1 aliphatic rings. The SMILES string of the molecule is CCCCCCCCCCCCCCCC(=O)OCC(COC(=O)CCCCCCCCCCCCCCC)OC(=O)CCCC(=O)OC1CCC(N(CC(C)C)c2ccc([C@H](C)CC(=O)O)cc2Nc2ccc(Cl)nc2)CC1. The normalized spacial score (nSPS) is 14.7. The average molecular weight is 1130 g/mol. The van der Waals surface area contributed by atoms with Crippen molar-refractivity contribution in [1.82, 2.24) is 4.98 Å².